The fourth-order valence-corrected chi connectivity index (χ4v) is 8.76. The van der Waals surface area contributed by atoms with E-state index >= 15 is 13.2 Å². The molecule has 9 rings (SSSR count). The lowest BCUT2D eigenvalue weighted by Crippen LogP contribution is -2.49. The standard InChI is InChI=1S/C37H39F3N10O2S/c1-4-45-10-12-47(13-11-45)29-16-28-22(14-26(29)38)33(51)24(19-49(28)21-6-7-21)35-42-43-37-50(35)44-36(53-37)25-18-46(5-2)31-23(34(25)52)15-27(39)32(30(31)40)48-9-8-41-20(3)17-48/h14-16,18-21,41H,4-13,17H2,1-3H3. The number of piperazine rings is 2. The Labute approximate surface area is 306 Å². The Morgan fingerprint density at radius 2 is 1.62 bits per heavy atom. The summed E-state index contributed by atoms with van der Waals surface area (Å²) in [5.41, 5.74) is 0.434. The molecule has 16 heteroatoms. The first-order valence-corrected chi connectivity index (χ1v) is 19.1. The minimum atomic E-state index is -0.799. The van der Waals surface area contributed by atoms with Crippen LogP contribution in [0.1, 0.15) is 39.7 Å². The average Bonchev–Trinajstić information content (AvgIpc) is 3.80. The van der Waals surface area contributed by atoms with Gasteiger partial charge >= 0.3 is 0 Å². The summed E-state index contributed by atoms with van der Waals surface area (Å²) in [7, 11) is 0. The second-order valence-corrected chi connectivity index (χ2v) is 15.2. The molecule has 0 radical (unpaired) electrons. The molecule has 4 aromatic heterocycles. The number of anilines is 2. The molecule has 0 bridgehead atoms. The largest absolute Gasteiger partial charge is 0.367 e. The zero-order valence-corrected chi connectivity index (χ0v) is 30.5. The maximum Gasteiger partial charge on any atom is 0.235 e. The second-order valence-electron chi connectivity index (χ2n) is 14.3. The van der Waals surface area contributed by atoms with Crippen LogP contribution in [0.5, 0.6) is 0 Å². The highest BCUT2D eigenvalue weighted by Gasteiger charge is 2.30. The summed E-state index contributed by atoms with van der Waals surface area (Å²) in [6, 6.07) is 4.46. The van der Waals surface area contributed by atoms with E-state index in [0.717, 1.165) is 49.9 Å². The number of aryl methyl sites for hydroxylation is 1. The van der Waals surface area contributed by atoms with Gasteiger partial charge in [0, 0.05) is 82.2 Å². The van der Waals surface area contributed by atoms with Crippen molar-refractivity contribution in [1.82, 2.24) is 39.2 Å². The number of hydrogen-bond donors (Lipinski definition) is 1. The van der Waals surface area contributed by atoms with Gasteiger partial charge in [0.15, 0.2) is 22.1 Å². The molecule has 3 fully saturated rings. The van der Waals surface area contributed by atoms with Gasteiger partial charge in [0.1, 0.15) is 17.3 Å². The maximum atomic E-state index is 16.2. The first kappa shape index (κ1) is 34.0. The number of likely N-dealkylation sites (N-methyl/N-ethyl adjacent to an activating group) is 1. The maximum absolute atomic E-state index is 16.2. The van der Waals surface area contributed by atoms with Gasteiger partial charge in [0.2, 0.25) is 10.4 Å². The Hall–Kier alpha value is -4.80. The fourth-order valence-electron chi connectivity index (χ4n) is 7.92. The Morgan fingerprint density at radius 1 is 0.868 bits per heavy atom. The molecule has 53 heavy (non-hydrogen) atoms. The van der Waals surface area contributed by atoms with E-state index in [0.29, 0.717) is 55.4 Å². The van der Waals surface area contributed by atoms with Crippen molar-refractivity contribution < 1.29 is 13.2 Å². The molecule has 1 unspecified atom stereocenters. The zero-order chi connectivity index (χ0) is 36.7. The van der Waals surface area contributed by atoms with E-state index in [1.54, 1.807) is 27.9 Å². The van der Waals surface area contributed by atoms with Crippen LogP contribution in [0.25, 0.3) is 48.7 Å². The van der Waals surface area contributed by atoms with Gasteiger partial charge in [0.05, 0.1) is 33.2 Å². The summed E-state index contributed by atoms with van der Waals surface area (Å²) in [4.78, 5) is 34.5. The topological polar surface area (TPSA) is 109 Å². The third-order valence-corrected chi connectivity index (χ3v) is 11.9. The number of hydrogen-bond acceptors (Lipinski definition) is 10. The Kier molecular flexibility index (Phi) is 8.31. The van der Waals surface area contributed by atoms with Gasteiger partial charge in [-0.15, -0.1) is 10.2 Å². The van der Waals surface area contributed by atoms with Crippen molar-refractivity contribution in [3.63, 3.8) is 0 Å². The van der Waals surface area contributed by atoms with Crippen LogP contribution in [0.3, 0.4) is 0 Å². The second kappa shape index (κ2) is 13.0. The molecule has 3 aliphatic rings. The number of pyridine rings is 2. The molecule has 2 aromatic carbocycles. The highest BCUT2D eigenvalue weighted by Crippen LogP contribution is 2.39. The van der Waals surface area contributed by atoms with Crippen molar-refractivity contribution in [1.29, 1.82) is 0 Å². The molecule has 6 aromatic rings. The van der Waals surface area contributed by atoms with Gasteiger partial charge < -0.3 is 29.2 Å². The van der Waals surface area contributed by atoms with Crippen LogP contribution in [0.15, 0.2) is 40.2 Å². The minimum absolute atomic E-state index is 0.0305. The Balaban J connectivity index is 1.14. The molecule has 2 saturated heterocycles. The van der Waals surface area contributed by atoms with E-state index in [1.165, 1.54) is 10.6 Å². The summed E-state index contributed by atoms with van der Waals surface area (Å²) in [5, 5.41) is 17.0. The van der Waals surface area contributed by atoms with Crippen LogP contribution in [0.2, 0.25) is 0 Å². The summed E-state index contributed by atoms with van der Waals surface area (Å²) in [6.07, 6.45) is 5.16. The zero-order valence-electron chi connectivity index (χ0n) is 29.7. The number of rotatable bonds is 7. The Morgan fingerprint density at radius 3 is 2.34 bits per heavy atom. The lowest BCUT2D eigenvalue weighted by Gasteiger charge is -2.35. The normalized spacial score (nSPS) is 18.6. The van der Waals surface area contributed by atoms with E-state index in [-0.39, 0.29) is 56.0 Å². The molecule has 0 amide bonds. The monoisotopic (exact) mass is 744 g/mol. The average molecular weight is 745 g/mol. The molecule has 1 saturated carbocycles. The molecule has 6 heterocycles. The van der Waals surface area contributed by atoms with E-state index in [4.69, 9.17) is 0 Å². The molecule has 276 valence electrons. The van der Waals surface area contributed by atoms with Crippen LogP contribution in [0, 0.1) is 17.5 Å². The fraction of sp³-hybridized carbons (Fsp3) is 0.432. The van der Waals surface area contributed by atoms with Gasteiger partial charge in [-0.1, -0.05) is 18.3 Å². The van der Waals surface area contributed by atoms with Gasteiger partial charge in [-0.2, -0.15) is 9.61 Å². The molecular formula is C37H39F3N10O2S. The van der Waals surface area contributed by atoms with Crippen molar-refractivity contribution >= 4 is 49.5 Å². The number of halogens is 3. The third kappa shape index (κ3) is 5.60. The number of fused-ring (bicyclic) bond motifs is 3. The first-order chi connectivity index (χ1) is 25.6. The summed E-state index contributed by atoms with van der Waals surface area (Å²) in [6.45, 7) is 11.7. The van der Waals surface area contributed by atoms with E-state index in [9.17, 15) is 9.59 Å². The van der Waals surface area contributed by atoms with Crippen LogP contribution < -0.4 is 26.0 Å². The summed E-state index contributed by atoms with van der Waals surface area (Å²) in [5.74, 6) is -1.86. The van der Waals surface area contributed by atoms with Crippen LogP contribution in [0.4, 0.5) is 24.5 Å². The minimum Gasteiger partial charge on any atom is -0.367 e. The predicted molar refractivity (Wildman–Crippen MR) is 201 cm³/mol. The van der Waals surface area contributed by atoms with E-state index in [2.05, 4.69) is 32.4 Å². The molecule has 0 spiro atoms. The van der Waals surface area contributed by atoms with Crippen molar-refractivity contribution in [3.05, 3.63) is 68.5 Å². The molecule has 1 atom stereocenters. The SMILES string of the molecule is CCN1CCN(c2cc3c(cc2F)c(=O)c(-c2nnc4sc(-c5cn(CC)c6c(F)c(N7CCNC(C)C7)c(F)cc6c5=O)nn24)cn3C2CC2)CC1. The van der Waals surface area contributed by atoms with Gasteiger partial charge in [-0.05, 0) is 51.4 Å². The number of benzene rings is 2. The quantitative estimate of drug-likeness (QED) is 0.245. The van der Waals surface area contributed by atoms with Crippen molar-refractivity contribution in [3.8, 4) is 22.0 Å². The van der Waals surface area contributed by atoms with E-state index < -0.39 is 28.3 Å². The number of nitrogens with zero attached hydrogens (tertiary/aromatic N) is 9. The highest BCUT2D eigenvalue weighted by molar-refractivity contribution is 7.19. The number of nitrogens with one attached hydrogen (secondary N) is 1. The highest BCUT2D eigenvalue weighted by atomic mass is 32.1. The molecular weight excluding hydrogens is 706 g/mol. The van der Waals surface area contributed by atoms with Crippen LogP contribution in [-0.2, 0) is 6.54 Å². The van der Waals surface area contributed by atoms with Crippen LogP contribution in [-0.4, -0.2) is 92.2 Å². The van der Waals surface area contributed by atoms with E-state index in [1.807, 2.05) is 23.3 Å². The van der Waals surface area contributed by atoms with Gasteiger partial charge in [-0.25, -0.2) is 13.2 Å². The lowest BCUT2D eigenvalue weighted by atomic mass is 10.1. The lowest BCUT2D eigenvalue weighted by molar-refractivity contribution is 0.270. The first-order valence-electron chi connectivity index (χ1n) is 18.3. The molecule has 12 nitrogen and oxygen atoms in total. The third-order valence-electron chi connectivity index (χ3n) is 10.9. The van der Waals surface area contributed by atoms with Crippen molar-refractivity contribution in [2.75, 3.05) is 62.2 Å². The number of aromatic nitrogens is 6. The summed E-state index contributed by atoms with van der Waals surface area (Å²) >= 11 is 1.08. The predicted octanol–water partition coefficient (Wildman–Crippen LogP) is 4.86. The molecule has 2 aliphatic heterocycles. The van der Waals surface area contributed by atoms with Crippen molar-refractivity contribution in [2.45, 2.75) is 52.2 Å². The molecule has 1 aliphatic carbocycles. The van der Waals surface area contributed by atoms with Gasteiger partial charge in [0.25, 0.3) is 0 Å². The van der Waals surface area contributed by atoms with Gasteiger partial charge in [-0.3, -0.25) is 9.59 Å². The Bertz CT molecular complexity index is 2550. The smallest absolute Gasteiger partial charge is 0.235 e. The molecule has 1 N–H and O–H groups in total. The van der Waals surface area contributed by atoms with Crippen LogP contribution >= 0.6 is 11.3 Å². The summed E-state index contributed by atoms with van der Waals surface area (Å²) < 4.78 is 52.7. The van der Waals surface area contributed by atoms with Crippen molar-refractivity contribution in [2.24, 2.45) is 0 Å².